The first-order chi connectivity index (χ1) is 8.89. The Morgan fingerprint density at radius 2 is 1.89 bits per heavy atom. The quantitative estimate of drug-likeness (QED) is 0.895. The van der Waals surface area contributed by atoms with E-state index in [2.05, 4.69) is 31.0 Å². The second-order valence-electron chi connectivity index (χ2n) is 6.22. The molecule has 1 aromatic rings. The number of hydrogen-bond acceptors (Lipinski definition) is 2. The molecular weight excluding hydrogens is 263 g/mol. The van der Waals surface area contributed by atoms with Crippen molar-refractivity contribution < 1.29 is 4.39 Å². The largest absolute Gasteiger partial charge is 0.314 e. The highest BCUT2D eigenvalue weighted by molar-refractivity contribution is 6.30. The van der Waals surface area contributed by atoms with Gasteiger partial charge in [0.2, 0.25) is 0 Å². The van der Waals surface area contributed by atoms with Gasteiger partial charge in [0.05, 0.1) is 0 Å². The van der Waals surface area contributed by atoms with Crippen molar-refractivity contribution in [1.82, 2.24) is 10.2 Å². The van der Waals surface area contributed by atoms with Crippen LogP contribution in [0.2, 0.25) is 5.02 Å². The number of nitrogens with zero attached hydrogens (tertiary/aromatic N) is 1. The molecule has 106 valence electrons. The maximum Gasteiger partial charge on any atom is 0.129 e. The summed E-state index contributed by atoms with van der Waals surface area (Å²) in [5.74, 6) is -0.203. The standard InChI is InChI=1S/C15H22ClFN2/c1-15(2,3)14(19-8-6-18-7-9-19)12-5-4-11(16)10-13(12)17/h4-5,10,14,18H,6-9H2,1-3H3/t14-/m1/s1. The predicted octanol–water partition coefficient (Wildman–Crippen LogP) is 3.47. The van der Waals surface area contributed by atoms with Gasteiger partial charge in [-0.1, -0.05) is 38.4 Å². The SMILES string of the molecule is CC(C)(C)[C@@H](c1ccc(Cl)cc1F)N1CCNCC1. The summed E-state index contributed by atoms with van der Waals surface area (Å²) in [6, 6.07) is 5.10. The lowest BCUT2D eigenvalue weighted by Crippen LogP contribution is -2.48. The normalized spacial score (nSPS) is 19.4. The van der Waals surface area contributed by atoms with Crippen LogP contribution >= 0.6 is 11.6 Å². The average molecular weight is 285 g/mol. The number of benzene rings is 1. The summed E-state index contributed by atoms with van der Waals surface area (Å²) in [7, 11) is 0. The molecule has 0 aliphatic carbocycles. The van der Waals surface area contributed by atoms with Crippen LogP contribution in [0.1, 0.15) is 32.4 Å². The molecule has 19 heavy (non-hydrogen) atoms. The molecule has 1 saturated heterocycles. The first kappa shape index (κ1) is 14.8. The molecule has 1 aliphatic rings. The Bertz CT molecular complexity index is 436. The molecule has 1 aliphatic heterocycles. The van der Waals surface area contributed by atoms with E-state index in [9.17, 15) is 4.39 Å². The van der Waals surface area contributed by atoms with Crippen LogP contribution in [0.5, 0.6) is 0 Å². The zero-order valence-corrected chi connectivity index (χ0v) is 12.6. The summed E-state index contributed by atoms with van der Waals surface area (Å²) in [6.45, 7) is 10.3. The highest BCUT2D eigenvalue weighted by atomic mass is 35.5. The molecule has 0 unspecified atom stereocenters. The van der Waals surface area contributed by atoms with E-state index >= 15 is 0 Å². The van der Waals surface area contributed by atoms with E-state index in [-0.39, 0.29) is 17.3 Å². The molecule has 1 heterocycles. The van der Waals surface area contributed by atoms with E-state index in [4.69, 9.17) is 11.6 Å². The molecule has 0 radical (unpaired) electrons. The molecule has 2 nitrogen and oxygen atoms in total. The van der Waals surface area contributed by atoms with Crippen LogP contribution in [0.25, 0.3) is 0 Å². The smallest absolute Gasteiger partial charge is 0.129 e. The van der Waals surface area contributed by atoms with Crippen molar-refractivity contribution >= 4 is 11.6 Å². The minimum absolute atomic E-state index is 0.0218. The fraction of sp³-hybridized carbons (Fsp3) is 0.600. The van der Waals surface area contributed by atoms with E-state index in [1.165, 1.54) is 6.07 Å². The van der Waals surface area contributed by atoms with E-state index in [0.717, 1.165) is 31.7 Å². The Morgan fingerprint density at radius 3 is 2.42 bits per heavy atom. The van der Waals surface area contributed by atoms with Crippen molar-refractivity contribution in [3.63, 3.8) is 0 Å². The molecule has 0 bridgehead atoms. The molecule has 0 aromatic heterocycles. The van der Waals surface area contributed by atoms with Crippen molar-refractivity contribution in [2.24, 2.45) is 5.41 Å². The summed E-state index contributed by atoms with van der Waals surface area (Å²) in [5.41, 5.74) is 0.727. The van der Waals surface area contributed by atoms with Crippen molar-refractivity contribution in [3.05, 3.63) is 34.6 Å². The lowest BCUT2D eigenvalue weighted by atomic mass is 9.80. The van der Waals surface area contributed by atoms with Gasteiger partial charge in [0.25, 0.3) is 0 Å². The van der Waals surface area contributed by atoms with Gasteiger partial charge < -0.3 is 5.32 Å². The average Bonchev–Trinajstić information content (AvgIpc) is 2.32. The maximum absolute atomic E-state index is 14.3. The van der Waals surface area contributed by atoms with Gasteiger partial charge in [-0.3, -0.25) is 4.90 Å². The van der Waals surface area contributed by atoms with Crippen LogP contribution in [0.4, 0.5) is 4.39 Å². The lowest BCUT2D eigenvalue weighted by Gasteiger charge is -2.42. The first-order valence-corrected chi connectivity index (χ1v) is 7.17. The molecule has 0 amide bonds. The second-order valence-corrected chi connectivity index (χ2v) is 6.66. The van der Waals surface area contributed by atoms with Gasteiger partial charge in [0, 0.05) is 42.8 Å². The third-order valence-corrected chi connectivity index (χ3v) is 3.83. The summed E-state index contributed by atoms with van der Waals surface area (Å²) >= 11 is 5.86. The monoisotopic (exact) mass is 284 g/mol. The summed E-state index contributed by atoms with van der Waals surface area (Å²) in [5, 5.41) is 3.79. The van der Waals surface area contributed by atoms with Crippen molar-refractivity contribution in [2.75, 3.05) is 26.2 Å². The Morgan fingerprint density at radius 1 is 1.26 bits per heavy atom. The van der Waals surface area contributed by atoms with E-state index in [0.29, 0.717) is 5.02 Å². The molecule has 1 atom stereocenters. The molecule has 4 heteroatoms. The summed E-state index contributed by atoms with van der Waals surface area (Å²) in [6.07, 6.45) is 0. The number of rotatable bonds is 2. The summed E-state index contributed by atoms with van der Waals surface area (Å²) < 4.78 is 14.3. The van der Waals surface area contributed by atoms with Gasteiger partial charge >= 0.3 is 0 Å². The minimum atomic E-state index is -0.203. The van der Waals surface area contributed by atoms with Crippen LogP contribution in [-0.4, -0.2) is 31.1 Å². The zero-order valence-electron chi connectivity index (χ0n) is 11.8. The van der Waals surface area contributed by atoms with Gasteiger partial charge in [-0.2, -0.15) is 0 Å². The highest BCUT2D eigenvalue weighted by Crippen LogP contribution is 2.39. The van der Waals surface area contributed by atoms with Crippen LogP contribution < -0.4 is 5.32 Å². The van der Waals surface area contributed by atoms with Gasteiger partial charge in [-0.15, -0.1) is 0 Å². The van der Waals surface area contributed by atoms with Crippen molar-refractivity contribution in [1.29, 1.82) is 0 Å². The van der Waals surface area contributed by atoms with Crippen LogP contribution in [-0.2, 0) is 0 Å². The Hall–Kier alpha value is -0.640. The molecule has 2 rings (SSSR count). The maximum atomic E-state index is 14.3. The first-order valence-electron chi connectivity index (χ1n) is 6.79. The number of nitrogens with one attached hydrogen (secondary N) is 1. The molecule has 0 saturated carbocycles. The topological polar surface area (TPSA) is 15.3 Å². The zero-order chi connectivity index (χ0) is 14.0. The van der Waals surface area contributed by atoms with Crippen molar-refractivity contribution in [3.8, 4) is 0 Å². The Labute approximate surface area is 119 Å². The fourth-order valence-corrected chi connectivity index (χ4v) is 3.03. The van der Waals surface area contributed by atoms with Crippen LogP contribution in [0, 0.1) is 11.2 Å². The summed E-state index contributed by atoms with van der Waals surface area (Å²) in [4.78, 5) is 2.36. The number of hydrogen-bond donors (Lipinski definition) is 1. The van der Waals surface area contributed by atoms with Crippen LogP contribution in [0.3, 0.4) is 0 Å². The van der Waals surface area contributed by atoms with Crippen LogP contribution in [0.15, 0.2) is 18.2 Å². The third kappa shape index (κ3) is 3.47. The van der Waals surface area contributed by atoms with E-state index < -0.39 is 0 Å². The van der Waals surface area contributed by atoms with Crippen molar-refractivity contribution in [2.45, 2.75) is 26.8 Å². The van der Waals surface area contributed by atoms with Gasteiger partial charge in [-0.25, -0.2) is 4.39 Å². The minimum Gasteiger partial charge on any atom is -0.314 e. The third-order valence-electron chi connectivity index (χ3n) is 3.59. The Balaban J connectivity index is 2.36. The Kier molecular flexibility index (Phi) is 4.49. The number of halogens is 2. The van der Waals surface area contributed by atoms with E-state index in [1.54, 1.807) is 6.07 Å². The van der Waals surface area contributed by atoms with Gasteiger partial charge in [0.1, 0.15) is 5.82 Å². The lowest BCUT2D eigenvalue weighted by molar-refractivity contribution is 0.0834. The molecule has 1 N–H and O–H groups in total. The fourth-order valence-electron chi connectivity index (χ4n) is 2.87. The van der Waals surface area contributed by atoms with E-state index in [1.807, 2.05) is 6.07 Å². The van der Waals surface area contributed by atoms with Gasteiger partial charge in [0.15, 0.2) is 0 Å². The predicted molar refractivity (Wildman–Crippen MR) is 78.0 cm³/mol. The molecule has 1 fully saturated rings. The second kappa shape index (κ2) is 5.78. The highest BCUT2D eigenvalue weighted by Gasteiger charge is 2.34. The molecular formula is C15H22ClFN2. The molecule has 1 aromatic carbocycles. The molecule has 0 spiro atoms. The number of piperazine rings is 1. The van der Waals surface area contributed by atoms with Gasteiger partial charge in [-0.05, 0) is 17.5 Å².